The molecular weight excluding hydrogens is 276 g/mol. The number of anilines is 1. The third-order valence-corrected chi connectivity index (χ3v) is 4.27. The molecule has 110 valence electrons. The van der Waals surface area contributed by atoms with E-state index in [0.717, 1.165) is 6.54 Å². The van der Waals surface area contributed by atoms with Gasteiger partial charge in [0, 0.05) is 18.5 Å². The Balaban J connectivity index is 1.81. The van der Waals surface area contributed by atoms with Gasteiger partial charge in [-0.3, -0.25) is 0 Å². The number of nitrogens with one attached hydrogen (secondary N) is 2. The van der Waals surface area contributed by atoms with E-state index in [1.54, 1.807) is 24.3 Å². The molecule has 0 heterocycles. The first-order valence-corrected chi connectivity index (χ1v) is 8.80. The van der Waals surface area contributed by atoms with E-state index >= 15 is 0 Å². The second-order valence-corrected chi connectivity index (χ2v) is 7.54. The van der Waals surface area contributed by atoms with Crippen LogP contribution in [0.2, 0.25) is 0 Å². The lowest BCUT2D eigenvalue weighted by molar-refractivity contribution is 0.243. The molecule has 20 heavy (non-hydrogen) atoms. The molecule has 2 N–H and O–H groups in total. The normalized spacial score (nSPS) is 15.4. The van der Waals surface area contributed by atoms with Crippen LogP contribution in [0.25, 0.3) is 0 Å². The fourth-order valence-electron chi connectivity index (χ4n) is 2.10. The summed E-state index contributed by atoms with van der Waals surface area (Å²) in [6, 6.07) is 6.63. The third-order valence-electron chi connectivity index (χ3n) is 3.42. The number of rotatable bonds is 5. The predicted molar refractivity (Wildman–Crippen MR) is 79.4 cm³/mol. The zero-order chi connectivity index (χ0) is 14.6. The molecule has 0 spiro atoms. The molecule has 0 radical (unpaired) electrons. The SMILES string of the molecule is CS(=O)(=O)Cc1ccc(NC(=O)NCC2CCC2)cc1. The van der Waals surface area contributed by atoms with Crippen LogP contribution in [-0.4, -0.2) is 27.2 Å². The number of carbonyl (C=O) groups is 1. The molecule has 2 rings (SSSR count). The van der Waals surface area contributed by atoms with Crippen molar-refractivity contribution in [2.24, 2.45) is 5.92 Å². The zero-order valence-corrected chi connectivity index (χ0v) is 12.4. The van der Waals surface area contributed by atoms with Crippen LogP contribution in [0.1, 0.15) is 24.8 Å². The maximum Gasteiger partial charge on any atom is 0.319 e. The largest absolute Gasteiger partial charge is 0.338 e. The van der Waals surface area contributed by atoms with Crippen molar-refractivity contribution >= 4 is 21.6 Å². The van der Waals surface area contributed by atoms with Crippen molar-refractivity contribution in [1.82, 2.24) is 5.32 Å². The second kappa shape index (κ2) is 6.26. The van der Waals surface area contributed by atoms with Crippen molar-refractivity contribution in [1.29, 1.82) is 0 Å². The molecule has 1 aromatic carbocycles. The van der Waals surface area contributed by atoms with Gasteiger partial charge in [-0.25, -0.2) is 13.2 Å². The molecule has 1 aromatic rings. The number of hydrogen-bond acceptors (Lipinski definition) is 3. The maximum absolute atomic E-state index is 11.7. The molecule has 0 unspecified atom stereocenters. The molecule has 6 heteroatoms. The van der Waals surface area contributed by atoms with E-state index in [4.69, 9.17) is 0 Å². The molecule has 0 aromatic heterocycles. The molecule has 1 fully saturated rings. The highest BCUT2D eigenvalue weighted by molar-refractivity contribution is 7.89. The summed E-state index contributed by atoms with van der Waals surface area (Å²) in [6.45, 7) is 0.720. The molecule has 0 bridgehead atoms. The lowest BCUT2D eigenvalue weighted by Gasteiger charge is -2.25. The molecule has 0 saturated heterocycles. The lowest BCUT2D eigenvalue weighted by Crippen LogP contribution is -2.35. The highest BCUT2D eigenvalue weighted by Crippen LogP contribution is 2.25. The van der Waals surface area contributed by atoms with Gasteiger partial charge in [0.15, 0.2) is 9.84 Å². The number of carbonyl (C=O) groups excluding carboxylic acids is 1. The average molecular weight is 296 g/mol. The van der Waals surface area contributed by atoms with Gasteiger partial charge in [0.1, 0.15) is 0 Å². The summed E-state index contributed by atoms with van der Waals surface area (Å²) >= 11 is 0. The average Bonchev–Trinajstić information content (AvgIpc) is 2.28. The summed E-state index contributed by atoms with van der Waals surface area (Å²) in [4.78, 5) is 11.7. The maximum atomic E-state index is 11.7. The molecule has 2 amide bonds. The Morgan fingerprint density at radius 2 is 1.90 bits per heavy atom. The van der Waals surface area contributed by atoms with E-state index in [1.807, 2.05) is 0 Å². The highest BCUT2D eigenvalue weighted by Gasteiger charge is 2.17. The molecule has 0 aliphatic heterocycles. The van der Waals surface area contributed by atoms with Crippen molar-refractivity contribution in [3.8, 4) is 0 Å². The fraction of sp³-hybridized carbons (Fsp3) is 0.500. The van der Waals surface area contributed by atoms with Gasteiger partial charge in [-0.15, -0.1) is 0 Å². The minimum Gasteiger partial charge on any atom is -0.338 e. The number of sulfone groups is 1. The van der Waals surface area contributed by atoms with Crippen molar-refractivity contribution in [3.63, 3.8) is 0 Å². The van der Waals surface area contributed by atoms with Gasteiger partial charge >= 0.3 is 6.03 Å². The van der Waals surface area contributed by atoms with Gasteiger partial charge in [-0.2, -0.15) is 0 Å². The Labute approximate surface area is 119 Å². The molecule has 1 aliphatic rings. The Morgan fingerprint density at radius 3 is 2.40 bits per heavy atom. The second-order valence-electron chi connectivity index (χ2n) is 5.40. The van der Waals surface area contributed by atoms with Crippen molar-refractivity contribution < 1.29 is 13.2 Å². The van der Waals surface area contributed by atoms with Gasteiger partial charge in [-0.1, -0.05) is 18.6 Å². The summed E-state index contributed by atoms with van der Waals surface area (Å²) in [5.74, 6) is 0.638. The molecular formula is C14H20N2O3S. The van der Waals surface area contributed by atoms with Crippen LogP contribution in [0.3, 0.4) is 0 Å². The van der Waals surface area contributed by atoms with E-state index in [-0.39, 0.29) is 11.8 Å². The molecule has 1 aliphatic carbocycles. The number of benzene rings is 1. The van der Waals surface area contributed by atoms with E-state index in [0.29, 0.717) is 17.2 Å². The van der Waals surface area contributed by atoms with Crippen LogP contribution in [-0.2, 0) is 15.6 Å². The van der Waals surface area contributed by atoms with Crippen LogP contribution >= 0.6 is 0 Å². The number of amides is 2. The topological polar surface area (TPSA) is 75.3 Å². The number of hydrogen-bond donors (Lipinski definition) is 2. The summed E-state index contributed by atoms with van der Waals surface area (Å²) in [6.07, 6.45) is 4.85. The Bertz CT molecular complexity index is 563. The minimum atomic E-state index is -3.03. The van der Waals surface area contributed by atoms with E-state index in [9.17, 15) is 13.2 Å². The van der Waals surface area contributed by atoms with Crippen molar-refractivity contribution in [3.05, 3.63) is 29.8 Å². The smallest absolute Gasteiger partial charge is 0.319 e. The Hall–Kier alpha value is -1.56. The summed E-state index contributed by atoms with van der Waals surface area (Å²) in [7, 11) is -3.03. The quantitative estimate of drug-likeness (QED) is 0.874. The van der Waals surface area contributed by atoms with Crippen molar-refractivity contribution in [2.75, 3.05) is 18.1 Å². The lowest BCUT2D eigenvalue weighted by atomic mass is 9.85. The van der Waals surface area contributed by atoms with Gasteiger partial charge < -0.3 is 10.6 Å². The zero-order valence-electron chi connectivity index (χ0n) is 11.6. The summed E-state index contributed by atoms with van der Waals surface area (Å²) < 4.78 is 22.3. The van der Waals surface area contributed by atoms with Gasteiger partial charge in [0.05, 0.1) is 5.75 Å². The minimum absolute atomic E-state index is 0.0150. The van der Waals surface area contributed by atoms with Crippen LogP contribution in [0.5, 0.6) is 0 Å². The molecule has 5 nitrogen and oxygen atoms in total. The van der Waals surface area contributed by atoms with Gasteiger partial charge in [0.2, 0.25) is 0 Å². The van der Waals surface area contributed by atoms with Crippen LogP contribution in [0.15, 0.2) is 24.3 Å². The highest BCUT2D eigenvalue weighted by atomic mass is 32.2. The summed E-state index contributed by atoms with van der Waals surface area (Å²) in [5.41, 5.74) is 1.38. The van der Waals surface area contributed by atoms with E-state index in [2.05, 4.69) is 10.6 Å². The van der Waals surface area contributed by atoms with Crippen molar-refractivity contribution in [2.45, 2.75) is 25.0 Å². The first-order valence-electron chi connectivity index (χ1n) is 6.74. The van der Waals surface area contributed by atoms with Gasteiger partial charge in [0.25, 0.3) is 0 Å². The Kier molecular flexibility index (Phi) is 4.65. The predicted octanol–water partition coefficient (Wildman–Crippen LogP) is 2.15. The van der Waals surface area contributed by atoms with Crippen LogP contribution in [0.4, 0.5) is 10.5 Å². The van der Waals surface area contributed by atoms with E-state index in [1.165, 1.54) is 25.5 Å². The summed E-state index contributed by atoms with van der Waals surface area (Å²) in [5, 5.41) is 5.58. The third kappa shape index (κ3) is 4.85. The molecule has 0 atom stereocenters. The van der Waals surface area contributed by atoms with Gasteiger partial charge in [-0.05, 0) is 36.5 Å². The first-order chi connectivity index (χ1) is 9.42. The van der Waals surface area contributed by atoms with E-state index < -0.39 is 9.84 Å². The molecule has 1 saturated carbocycles. The Morgan fingerprint density at radius 1 is 1.25 bits per heavy atom. The van der Waals surface area contributed by atoms with Crippen LogP contribution < -0.4 is 10.6 Å². The first kappa shape index (κ1) is 14.8. The number of urea groups is 1. The monoisotopic (exact) mass is 296 g/mol. The van der Waals surface area contributed by atoms with Crippen LogP contribution in [0, 0.1) is 5.92 Å². The standard InChI is InChI=1S/C14H20N2O3S/c1-20(18,19)10-12-5-7-13(8-6-12)16-14(17)15-9-11-3-2-4-11/h5-8,11H,2-4,9-10H2,1H3,(H2,15,16,17). The fourth-order valence-corrected chi connectivity index (χ4v) is 2.89.